The zero-order valence-corrected chi connectivity index (χ0v) is 19.3. The summed E-state index contributed by atoms with van der Waals surface area (Å²) in [5, 5.41) is 12.0. The lowest BCUT2D eigenvalue weighted by Gasteiger charge is -2.16. The Morgan fingerprint density at radius 3 is 2.39 bits per heavy atom. The summed E-state index contributed by atoms with van der Waals surface area (Å²) in [4.78, 5) is 12.3. The molecule has 1 heterocycles. The third-order valence-electron chi connectivity index (χ3n) is 4.80. The summed E-state index contributed by atoms with van der Waals surface area (Å²) in [5.74, 6) is 2.56. The summed E-state index contributed by atoms with van der Waals surface area (Å²) >= 11 is 1.33. The number of benzene rings is 2. The molecule has 31 heavy (non-hydrogen) atoms. The SMILES string of the molecule is COc1ccccc1OC(C)c1nnc(SCC(=O)Nc2ccc(C(C)C)cc2)n1C. The van der Waals surface area contributed by atoms with Gasteiger partial charge in [-0.1, -0.05) is 49.9 Å². The minimum atomic E-state index is -0.337. The van der Waals surface area contributed by atoms with Crippen LogP contribution in [0.25, 0.3) is 0 Å². The predicted octanol–water partition coefficient (Wildman–Crippen LogP) is 4.82. The van der Waals surface area contributed by atoms with Gasteiger partial charge in [0.25, 0.3) is 0 Å². The van der Waals surface area contributed by atoms with Crippen molar-refractivity contribution >= 4 is 23.4 Å². The Hall–Kier alpha value is -3.00. The third-order valence-corrected chi connectivity index (χ3v) is 5.82. The van der Waals surface area contributed by atoms with Crippen molar-refractivity contribution in [2.75, 3.05) is 18.2 Å². The Morgan fingerprint density at radius 1 is 1.06 bits per heavy atom. The summed E-state index contributed by atoms with van der Waals surface area (Å²) in [6.07, 6.45) is -0.337. The molecule has 0 aliphatic carbocycles. The van der Waals surface area contributed by atoms with Crippen LogP contribution >= 0.6 is 11.8 Å². The standard InChI is InChI=1S/C23H28N4O3S/c1-15(2)17-10-12-18(13-11-17)24-21(28)14-31-23-26-25-22(27(23)4)16(3)30-20-9-7-6-8-19(20)29-5/h6-13,15-16H,14H2,1-5H3,(H,24,28). The summed E-state index contributed by atoms with van der Waals surface area (Å²) in [5.41, 5.74) is 2.02. The predicted molar refractivity (Wildman–Crippen MR) is 123 cm³/mol. The number of rotatable bonds is 9. The van der Waals surface area contributed by atoms with E-state index in [-0.39, 0.29) is 17.8 Å². The zero-order chi connectivity index (χ0) is 22.4. The highest BCUT2D eigenvalue weighted by Crippen LogP contribution is 2.30. The molecule has 0 saturated heterocycles. The van der Waals surface area contributed by atoms with Crippen LogP contribution in [-0.4, -0.2) is 33.5 Å². The fraction of sp³-hybridized carbons (Fsp3) is 0.348. The second-order valence-corrected chi connectivity index (χ2v) is 8.37. The van der Waals surface area contributed by atoms with Crippen LogP contribution < -0.4 is 14.8 Å². The molecule has 2 aromatic carbocycles. The number of para-hydroxylation sites is 2. The number of aromatic nitrogens is 3. The maximum atomic E-state index is 12.3. The highest BCUT2D eigenvalue weighted by molar-refractivity contribution is 7.99. The van der Waals surface area contributed by atoms with E-state index >= 15 is 0 Å². The van der Waals surface area contributed by atoms with Gasteiger partial charge in [-0.2, -0.15) is 0 Å². The van der Waals surface area contributed by atoms with Crippen LogP contribution in [0.3, 0.4) is 0 Å². The molecule has 3 aromatic rings. The van der Waals surface area contributed by atoms with Gasteiger partial charge in [-0.05, 0) is 42.7 Å². The Balaban J connectivity index is 1.57. The van der Waals surface area contributed by atoms with E-state index < -0.39 is 0 Å². The van der Waals surface area contributed by atoms with E-state index in [0.717, 1.165) is 5.69 Å². The van der Waals surface area contributed by atoms with E-state index in [1.54, 1.807) is 7.11 Å². The van der Waals surface area contributed by atoms with Gasteiger partial charge in [0.2, 0.25) is 5.91 Å². The molecule has 8 heteroatoms. The Labute approximate surface area is 187 Å². The molecular formula is C23H28N4O3S. The topological polar surface area (TPSA) is 78.3 Å². The lowest BCUT2D eigenvalue weighted by atomic mass is 10.0. The van der Waals surface area contributed by atoms with E-state index in [2.05, 4.69) is 29.4 Å². The summed E-state index contributed by atoms with van der Waals surface area (Å²) < 4.78 is 13.2. The van der Waals surface area contributed by atoms with Crippen molar-refractivity contribution in [2.24, 2.45) is 7.05 Å². The second kappa shape index (κ2) is 10.3. The van der Waals surface area contributed by atoms with Crippen molar-refractivity contribution in [1.29, 1.82) is 0 Å². The minimum Gasteiger partial charge on any atom is -0.493 e. The molecule has 7 nitrogen and oxygen atoms in total. The number of carbonyl (C=O) groups excluding carboxylic acids is 1. The summed E-state index contributed by atoms with van der Waals surface area (Å²) in [6, 6.07) is 15.4. The van der Waals surface area contributed by atoms with Gasteiger partial charge in [-0.25, -0.2) is 0 Å². The Kier molecular flexibility index (Phi) is 7.57. The van der Waals surface area contributed by atoms with Crippen LogP contribution in [0.2, 0.25) is 0 Å². The van der Waals surface area contributed by atoms with Crippen molar-refractivity contribution in [1.82, 2.24) is 14.8 Å². The number of ether oxygens (including phenoxy) is 2. The molecule has 164 valence electrons. The molecular weight excluding hydrogens is 412 g/mol. The molecule has 1 N–H and O–H groups in total. The second-order valence-electron chi connectivity index (χ2n) is 7.42. The van der Waals surface area contributed by atoms with E-state index in [1.165, 1.54) is 17.3 Å². The number of hydrogen-bond acceptors (Lipinski definition) is 6. The first kappa shape index (κ1) is 22.7. The van der Waals surface area contributed by atoms with Gasteiger partial charge in [0.15, 0.2) is 28.6 Å². The van der Waals surface area contributed by atoms with Gasteiger partial charge < -0.3 is 19.4 Å². The van der Waals surface area contributed by atoms with E-state index in [4.69, 9.17) is 9.47 Å². The minimum absolute atomic E-state index is 0.0924. The zero-order valence-electron chi connectivity index (χ0n) is 18.5. The molecule has 0 aliphatic rings. The molecule has 3 rings (SSSR count). The molecule has 0 radical (unpaired) electrons. The Bertz CT molecular complexity index is 1020. The highest BCUT2D eigenvalue weighted by atomic mass is 32.2. The molecule has 0 bridgehead atoms. The molecule has 0 aliphatic heterocycles. The molecule has 0 spiro atoms. The smallest absolute Gasteiger partial charge is 0.234 e. The quantitative estimate of drug-likeness (QED) is 0.481. The normalized spacial score (nSPS) is 11.9. The molecule has 0 fully saturated rings. The monoisotopic (exact) mass is 440 g/mol. The molecule has 0 saturated carbocycles. The van der Waals surface area contributed by atoms with Crippen molar-refractivity contribution < 1.29 is 14.3 Å². The highest BCUT2D eigenvalue weighted by Gasteiger charge is 2.19. The first-order valence-electron chi connectivity index (χ1n) is 10.1. The van der Waals surface area contributed by atoms with Gasteiger partial charge in [-0.3, -0.25) is 4.79 Å². The Morgan fingerprint density at radius 2 is 1.74 bits per heavy atom. The van der Waals surface area contributed by atoms with Crippen LogP contribution in [0.5, 0.6) is 11.5 Å². The van der Waals surface area contributed by atoms with Crippen molar-refractivity contribution in [3.63, 3.8) is 0 Å². The van der Waals surface area contributed by atoms with Gasteiger partial charge in [0.1, 0.15) is 0 Å². The number of amides is 1. The molecule has 1 amide bonds. The van der Waals surface area contributed by atoms with Gasteiger partial charge in [-0.15, -0.1) is 10.2 Å². The molecule has 1 atom stereocenters. The maximum Gasteiger partial charge on any atom is 0.234 e. The maximum absolute atomic E-state index is 12.3. The fourth-order valence-electron chi connectivity index (χ4n) is 3.04. The number of nitrogens with zero attached hydrogens (tertiary/aromatic N) is 3. The lowest BCUT2D eigenvalue weighted by molar-refractivity contribution is -0.113. The number of methoxy groups -OCH3 is 1. The summed E-state index contributed by atoms with van der Waals surface area (Å²) in [7, 11) is 3.47. The van der Waals surface area contributed by atoms with Crippen LogP contribution in [-0.2, 0) is 11.8 Å². The van der Waals surface area contributed by atoms with E-state index in [1.807, 2.05) is 67.1 Å². The van der Waals surface area contributed by atoms with Crippen LogP contribution in [0, 0.1) is 0 Å². The number of carbonyl (C=O) groups is 1. The van der Waals surface area contributed by atoms with Crippen molar-refractivity contribution in [3.05, 3.63) is 59.9 Å². The van der Waals surface area contributed by atoms with E-state index in [0.29, 0.717) is 28.4 Å². The number of hydrogen-bond donors (Lipinski definition) is 1. The average Bonchev–Trinajstić information content (AvgIpc) is 3.13. The van der Waals surface area contributed by atoms with Gasteiger partial charge in [0, 0.05) is 12.7 Å². The molecule has 1 unspecified atom stereocenters. The first-order valence-corrected chi connectivity index (χ1v) is 11.1. The summed E-state index contributed by atoms with van der Waals surface area (Å²) in [6.45, 7) is 6.18. The lowest BCUT2D eigenvalue weighted by Crippen LogP contribution is -2.15. The number of anilines is 1. The number of thioether (sulfide) groups is 1. The number of nitrogens with one attached hydrogen (secondary N) is 1. The van der Waals surface area contributed by atoms with Gasteiger partial charge in [0.05, 0.1) is 12.9 Å². The largest absolute Gasteiger partial charge is 0.493 e. The van der Waals surface area contributed by atoms with Crippen LogP contribution in [0.1, 0.15) is 44.2 Å². The van der Waals surface area contributed by atoms with Crippen molar-refractivity contribution in [3.8, 4) is 11.5 Å². The average molecular weight is 441 g/mol. The first-order chi connectivity index (χ1) is 14.9. The van der Waals surface area contributed by atoms with Crippen molar-refractivity contribution in [2.45, 2.75) is 37.9 Å². The fourth-order valence-corrected chi connectivity index (χ4v) is 3.76. The van der Waals surface area contributed by atoms with Gasteiger partial charge >= 0.3 is 0 Å². The van der Waals surface area contributed by atoms with Crippen LogP contribution in [0.4, 0.5) is 5.69 Å². The molecule has 1 aromatic heterocycles. The van der Waals surface area contributed by atoms with Crippen LogP contribution in [0.15, 0.2) is 53.7 Å². The van der Waals surface area contributed by atoms with E-state index in [9.17, 15) is 4.79 Å². The third kappa shape index (κ3) is 5.79.